The zero-order valence-electron chi connectivity index (χ0n) is 11.5. The van der Waals surface area contributed by atoms with Gasteiger partial charge in [0.1, 0.15) is 5.78 Å². The zero-order chi connectivity index (χ0) is 12.3. The lowest BCUT2D eigenvalue weighted by Crippen LogP contribution is -2.41. The normalized spacial score (nSPS) is 31.4. The fourth-order valence-corrected chi connectivity index (χ4v) is 3.59. The van der Waals surface area contributed by atoms with E-state index in [0.717, 1.165) is 44.3 Å². The molecule has 98 valence electrons. The van der Waals surface area contributed by atoms with E-state index in [1.807, 2.05) is 0 Å². The Morgan fingerprint density at radius 1 is 1.24 bits per heavy atom. The Bertz CT molecular complexity index is 258. The first-order valence-electron chi connectivity index (χ1n) is 7.47. The van der Waals surface area contributed by atoms with Crippen LogP contribution in [0.15, 0.2) is 0 Å². The summed E-state index contributed by atoms with van der Waals surface area (Å²) >= 11 is 0. The van der Waals surface area contributed by atoms with Gasteiger partial charge in [-0.1, -0.05) is 26.7 Å². The lowest BCUT2D eigenvalue weighted by atomic mass is 9.81. The van der Waals surface area contributed by atoms with Crippen molar-refractivity contribution in [3.8, 4) is 0 Å². The van der Waals surface area contributed by atoms with E-state index in [4.69, 9.17) is 0 Å². The highest BCUT2D eigenvalue weighted by Crippen LogP contribution is 2.29. The lowest BCUT2D eigenvalue weighted by Gasteiger charge is -2.34. The second-order valence-electron chi connectivity index (χ2n) is 6.07. The number of carbonyl (C=O) groups excluding carboxylic acids is 1. The molecular formula is C15H27NO. The SMILES string of the molecule is CCN(CC1CC(C)CCC1=O)C1CCCC1. The van der Waals surface area contributed by atoms with E-state index >= 15 is 0 Å². The van der Waals surface area contributed by atoms with Crippen molar-refractivity contribution < 1.29 is 4.79 Å². The molecule has 0 aromatic heterocycles. The standard InChI is InChI=1S/C15H27NO/c1-3-16(14-6-4-5-7-14)11-13-10-12(2)8-9-15(13)17/h12-14H,3-11H2,1-2H3. The fourth-order valence-electron chi connectivity index (χ4n) is 3.59. The Morgan fingerprint density at radius 2 is 1.94 bits per heavy atom. The van der Waals surface area contributed by atoms with Crippen molar-refractivity contribution in [1.82, 2.24) is 4.90 Å². The third-order valence-electron chi connectivity index (χ3n) is 4.73. The molecule has 2 unspecified atom stereocenters. The van der Waals surface area contributed by atoms with E-state index in [-0.39, 0.29) is 0 Å². The van der Waals surface area contributed by atoms with Crippen LogP contribution in [-0.4, -0.2) is 29.8 Å². The second kappa shape index (κ2) is 5.99. The second-order valence-corrected chi connectivity index (χ2v) is 6.07. The van der Waals surface area contributed by atoms with Gasteiger partial charge >= 0.3 is 0 Å². The summed E-state index contributed by atoms with van der Waals surface area (Å²) in [5.74, 6) is 1.61. The summed E-state index contributed by atoms with van der Waals surface area (Å²) in [6.45, 7) is 6.69. The molecule has 2 heteroatoms. The Balaban J connectivity index is 1.90. The van der Waals surface area contributed by atoms with Gasteiger partial charge in [0.2, 0.25) is 0 Å². The zero-order valence-corrected chi connectivity index (χ0v) is 11.5. The topological polar surface area (TPSA) is 20.3 Å². The van der Waals surface area contributed by atoms with Crippen LogP contribution in [0.25, 0.3) is 0 Å². The molecule has 17 heavy (non-hydrogen) atoms. The summed E-state index contributed by atoms with van der Waals surface area (Å²) < 4.78 is 0. The first-order valence-corrected chi connectivity index (χ1v) is 7.47. The van der Waals surface area contributed by atoms with E-state index in [0.29, 0.717) is 11.7 Å². The van der Waals surface area contributed by atoms with Crippen molar-refractivity contribution in [3.63, 3.8) is 0 Å². The van der Waals surface area contributed by atoms with Gasteiger partial charge in [-0.15, -0.1) is 0 Å². The molecule has 2 atom stereocenters. The van der Waals surface area contributed by atoms with Gasteiger partial charge in [0.15, 0.2) is 0 Å². The average Bonchev–Trinajstić information content (AvgIpc) is 2.84. The van der Waals surface area contributed by atoms with Crippen molar-refractivity contribution in [2.45, 2.75) is 64.8 Å². The van der Waals surface area contributed by atoms with Crippen LogP contribution in [0.5, 0.6) is 0 Å². The third-order valence-corrected chi connectivity index (χ3v) is 4.73. The Labute approximate surface area is 106 Å². The van der Waals surface area contributed by atoms with Crippen molar-refractivity contribution in [3.05, 3.63) is 0 Å². The van der Waals surface area contributed by atoms with Gasteiger partial charge in [-0.2, -0.15) is 0 Å². The van der Waals surface area contributed by atoms with Crippen LogP contribution in [0.4, 0.5) is 0 Å². The van der Waals surface area contributed by atoms with Gasteiger partial charge < -0.3 is 0 Å². The minimum Gasteiger partial charge on any atom is -0.300 e. The summed E-state index contributed by atoms with van der Waals surface area (Å²) in [6, 6.07) is 0.769. The predicted octanol–water partition coefficient (Wildman–Crippen LogP) is 3.26. The molecule has 0 radical (unpaired) electrons. The predicted molar refractivity (Wildman–Crippen MR) is 71.0 cm³/mol. The van der Waals surface area contributed by atoms with Crippen LogP contribution in [0.1, 0.15) is 58.8 Å². The first kappa shape index (κ1) is 13.1. The summed E-state index contributed by atoms with van der Waals surface area (Å²) in [5, 5.41) is 0. The van der Waals surface area contributed by atoms with Crippen LogP contribution in [0.2, 0.25) is 0 Å². The van der Waals surface area contributed by atoms with Crippen LogP contribution in [-0.2, 0) is 4.79 Å². The molecule has 0 spiro atoms. The summed E-state index contributed by atoms with van der Waals surface area (Å²) in [4.78, 5) is 14.6. The van der Waals surface area contributed by atoms with Gasteiger partial charge in [-0.05, 0) is 38.1 Å². The van der Waals surface area contributed by atoms with Crippen molar-refractivity contribution in [2.75, 3.05) is 13.1 Å². The number of carbonyl (C=O) groups is 1. The fraction of sp³-hybridized carbons (Fsp3) is 0.933. The maximum absolute atomic E-state index is 12.0. The molecular weight excluding hydrogens is 210 g/mol. The molecule has 0 aromatic rings. The van der Waals surface area contributed by atoms with Gasteiger partial charge in [-0.3, -0.25) is 9.69 Å². The molecule has 0 aromatic carbocycles. The van der Waals surface area contributed by atoms with E-state index in [1.54, 1.807) is 0 Å². The number of ketones is 1. The lowest BCUT2D eigenvalue weighted by molar-refractivity contribution is -0.126. The first-order chi connectivity index (χ1) is 8.20. The quantitative estimate of drug-likeness (QED) is 0.748. The number of hydrogen-bond donors (Lipinski definition) is 0. The molecule has 0 heterocycles. The molecule has 0 aliphatic heterocycles. The van der Waals surface area contributed by atoms with Crippen LogP contribution in [0, 0.1) is 11.8 Å². The number of nitrogens with zero attached hydrogens (tertiary/aromatic N) is 1. The van der Waals surface area contributed by atoms with Crippen molar-refractivity contribution in [1.29, 1.82) is 0 Å². The van der Waals surface area contributed by atoms with E-state index in [2.05, 4.69) is 18.7 Å². The molecule has 2 saturated carbocycles. The highest BCUT2D eigenvalue weighted by molar-refractivity contribution is 5.81. The van der Waals surface area contributed by atoms with Crippen LogP contribution in [0.3, 0.4) is 0 Å². The van der Waals surface area contributed by atoms with E-state index < -0.39 is 0 Å². The molecule has 2 fully saturated rings. The van der Waals surface area contributed by atoms with Gasteiger partial charge in [-0.25, -0.2) is 0 Å². The Kier molecular flexibility index (Phi) is 4.61. The third kappa shape index (κ3) is 3.31. The van der Waals surface area contributed by atoms with Gasteiger partial charge in [0.05, 0.1) is 0 Å². The number of hydrogen-bond acceptors (Lipinski definition) is 2. The van der Waals surface area contributed by atoms with E-state index in [9.17, 15) is 4.79 Å². The number of Topliss-reactive ketones (excluding diaryl/α,β-unsaturated/α-hetero) is 1. The highest BCUT2D eigenvalue weighted by atomic mass is 16.1. The molecule has 2 rings (SSSR count). The molecule has 2 nitrogen and oxygen atoms in total. The van der Waals surface area contributed by atoms with Crippen molar-refractivity contribution >= 4 is 5.78 Å². The maximum atomic E-state index is 12.0. The average molecular weight is 237 g/mol. The minimum atomic E-state index is 0.333. The molecule has 0 bridgehead atoms. The summed E-state index contributed by atoms with van der Waals surface area (Å²) in [7, 11) is 0. The van der Waals surface area contributed by atoms with Crippen molar-refractivity contribution in [2.24, 2.45) is 11.8 Å². The Hall–Kier alpha value is -0.370. The monoisotopic (exact) mass is 237 g/mol. The number of rotatable bonds is 4. The highest BCUT2D eigenvalue weighted by Gasteiger charge is 2.30. The minimum absolute atomic E-state index is 0.333. The molecule has 0 N–H and O–H groups in total. The largest absolute Gasteiger partial charge is 0.300 e. The molecule has 2 aliphatic rings. The van der Waals surface area contributed by atoms with Gasteiger partial charge in [0.25, 0.3) is 0 Å². The maximum Gasteiger partial charge on any atom is 0.137 e. The van der Waals surface area contributed by atoms with Gasteiger partial charge in [0, 0.05) is 24.9 Å². The molecule has 0 amide bonds. The summed E-state index contributed by atoms with van der Waals surface area (Å²) in [6.07, 6.45) is 8.54. The van der Waals surface area contributed by atoms with Crippen LogP contribution >= 0.6 is 0 Å². The van der Waals surface area contributed by atoms with E-state index in [1.165, 1.54) is 25.7 Å². The smallest absolute Gasteiger partial charge is 0.137 e. The Morgan fingerprint density at radius 3 is 2.59 bits per heavy atom. The molecule has 0 saturated heterocycles. The summed E-state index contributed by atoms with van der Waals surface area (Å²) in [5.41, 5.74) is 0. The van der Waals surface area contributed by atoms with Crippen LogP contribution < -0.4 is 0 Å². The molecule has 2 aliphatic carbocycles.